The summed E-state index contributed by atoms with van der Waals surface area (Å²) in [7, 11) is -3.26. The highest BCUT2D eigenvalue weighted by atomic mass is 32.2. The van der Waals surface area contributed by atoms with Gasteiger partial charge >= 0.3 is 0 Å². The van der Waals surface area contributed by atoms with Crippen LogP contribution in [-0.2, 0) is 14.6 Å². The predicted molar refractivity (Wildman–Crippen MR) is 96.6 cm³/mol. The van der Waals surface area contributed by atoms with E-state index in [1.54, 1.807) is 0 Å². The standard InChI is InChI=1S/C18H26F2N2O3S/c1-12(2)11-26(24,25)8-6-18(23)22-17-10-21-7-5-14(17)13-3-4-15(19)16(20)9-13/h3-4,9,12,14,17,21H,5-8,10-11H2,1-2H3,(H,22,23). The Labute approximate surface area is 153 Å². The molecule has 2 atom stereocenters. The van der Waals surface area contributed by atoms with Gasteiger partial charge < -0.3 is 10.6 Å². The minimum atomic E-state index is -3.26. The van der Waals surface area contributed by atoms with Crippen LogP contribution in [0.2, 0.25) is 0 Å². The molecule has 1 fully saturated rings. The van der Waals surface area contributed by atoms with Crippen molar-refractivity contribution in [1.82, 2.24) is 10.6 Å². The van der Waals surface area contributed by atoms with Gasteiger partial charge in [-0.2, -0.15) is 0 Å². The second-order valence-electron chi connectivity index (χ2n) is 7.21. The summed E-state index contributed by atoms with van der Waals surface area (Å²) in [5.74, 6) is -2.43. The lowest BCUT2D eigenvalue weighted by Crippen LogP contribution is -2.50. The van der Waals surface area contributed by atoms with Crippen LogP contribution in [0, 0.1) is 17.6 Å². The van der Waals surface area contributed by atoms with Crippen LogP contribution >= 0.6 is 0 Å². The molecule has 146 valence electrons. The van der Waals surface area contributed by atoms with Crippen molar-refractivity contribution in [3.8, 4) is 0 Å². The number of rotatable bonds is 7. The zero-order chi connectivity index (χ0) is 19.3. The van der Waals surface area contributed by atoms with Gasteiger partial charge in [-0.15, -0.1) is 0 Å². The zero-order valence-electron chi connectivity index (χ0n) is 15.1. The second kappa shape index (κ2) is 8.90. The second-order valence-corrected chi connectivity index (χ2v) is 9.43. The van der Waals surface area contributed by atoms with Gasteiger partial charge in [-0.05, 0) is 36.6 Å². The van der Waals surface area contributed by atoms with E-state index in [4.69, 9.17) is 0 Å². The van der Waals surface area contributed by atoms with Gasteiger partial charge in [0, 0.05) is 24.9 Å². The molecular weight excluding hydrogens is 362 g/mol. The average molecular weight is 388 g/mol. The lowest BCUT2D eigenvalue weighted by molar-refractivity contribution is -0.121. The van der Waals surface area contributed by atoms with Crippen molar-refractivity contribution in [3.05, 3.63) is 35.4 Å². The molecule has 8 heteroatoms. The Hall–Kier alpha value is -1.54. The Morgan fingerprint density at radius 3 is 2.69 bits per heavy atom. The molecule has 0 aliphatic carbocycles. The summed E-state index contributed by atoms with van der Waals surface area (Å²) in [5, 5.41) is 6.01. The zero-order valence-corrected chi connectivity index (χ0v) is 15.9. The highest BCUT2D eigenvalue weighted by molar-refractivity contribution is 7.91. The van der Waals surface area contributed by atoms with E-state index in [1.807, 2.05) is 13.8 Å². The van der Waals surface area contributed by atoms with E-state index in [1.165, 1.54) is 6.07 Å². The lowest BCUT2D eigenvalue weighted by atomic mass is 9.86. The fourth-order valence-electron chi connectivity index (χ4n) is 3.27. The average Bonchev–Trinajstić information content (AvgIpc) is 2.55. The Bertz CT molecular complexity index is 738. The van der Waals surface area contributed by atoms with Gasteiger partial charge in [0.25, 0.3) is 0 Å². The highest BCUT2D eigenvalue weighted by Crippen LogP contribution is 2.27. The molecule has 26 heavy (non-hydrogen) atoms. The first-order chi connectivity index (χ1) is 12.2. The molecule has 0 radical (unpaired) electrons. The Morgan fingerprint density at radius 2 is 2.04 bits per heavy atom. The Kier molecular flexibility index (Phi) is 7.11. The molecule has 5 nitrogen and oxygen atoms in total. The van der Waals surface area contributed by atoms with Gasteiger partial charge in [-0.3, -0.25) is 4.79 Å². The summed E-state index contributed by atoms with van der Waals surface area (Å²) < 4.78 is 50.5. The summed E-state index contributed by atoms with van der Waals surface area (Å²) in [6.45, 7) is 4.84. The quantitative estimate of drug-likeness (QED) is 0.749. The Morgan fingerprint density at radius 1 is 1.31 bits per heavy atom. The third-order valence-electron chi connectivity index (χ3n) is 4.43. The number of benzene rings is 1. The van der Waals surface area contributed by atoms with Gasteiger partial charge in [0.2, 0.25) is 5.91 Å². The van der Waals surface area contributed by atoms with Crippen molar-refractivity contribution in [2.24, 2.45) is 5.92 Å². The Balaban J connectivity index is 1.99. The van der Waals surface area contributed by atoms with Crippen molar-refractivity contribution in [2.75, 3.05) is 24.6 Å². The van der Waals surface area contributed by atoms with E-state index >= 15 is 0 Å². The van der Waals surface area contributed by atoms with Gasteiger partial charge in [-0.1, -0.05) is 19.9 Å². The number of carbonyl (C=O) groups excluding carboxylic acids is 1. The maximum absolute atomic E-state index is 13.5. The normalized spacial score (nSPS) is 21.0. The molecule has 0 bridgehead atoms. The topological polar surface area (TPSA) is 75.3 Å². The lowest BCUT2D eigenvalue weighted by Gasteiger charge is -2.33. The number of carbonyl (C=O) groups is 1. The third-order valence-corrected chi connectivity index (χ3v) is 6.43. The molecule has 1 aliphatic rings. The maximum atomic E-state index is 13.5. The van der Waals surface area contributed by atoms with Crippen LogP contribution in [0.5, 0.6) is 0 Å². The van der Waals surface area contributed by atoms with Gasteiger partial charge in [-0.25, -0.2) is 17.2 Å². The SMILES string of the molecule is CC(C)CS(=O)(=O)CCC(=O)NC1CNCCC1c1ccc(F)c(F)c1. The molecule has 1 heterocycles. The third kappa shape index (κ3) is 6.02. The van der Waals surface area contributed by atoms with Crippen molar-refractivity contribution >= 4 is 15.7 Å². The van der Waals surface area contributed by atoms with Crippen molar-refractivity contribution < 1.29 is 22.0 Å². The maximum Gasteiger partial charge on any atom is 0.221 e. The fourth-order valence-corrected chi connectivity index (χ4v) is 4.95. The minimum absolute atomic E-state index is 0.0170. The molecule has 0 aromatic heterocycles. The molecule has 1 aromatic rings. The van der Waals surface area contributed by atoms with E-state index in [0.29, 0.717) is 25.1 Å². The van der Waals surface area contributed by atoms with E-state index in [2.05, 4.69) is 10.6 Å². The van der Waals surface area contributed by atoms with Crippen LogP contribution in [0.25, 0.3) is 0 Å². The first-order valence-electron chi connectivity index (χ1n) is 8.83. The van der Waals surface area contributed by atoms with Crippen LogP contribution in [-0.4, -0.2) is 45.0 Å². The number of piperidine rings is 1. The van der Waals surface area contributed by atoms with E-state index in [-0.39, 0.29) is 41.7 Å². The molecule has 1 aliphatic heterocycles. The first kappa shape index (κ1) is 20.8. The first-order valence-corrected chi connectivity index (χ1v) is 10.7. The molecule has 1 aromatic carbocycles. The van der Waals surface area contributed by atoms with Crippen LogP contribution in [0.3, 0.4) is 0 Å². The summed E-state index contributed by atoms with van der Waals surface area (Å²) in [6.07, 6.45) is 0.567. The van der Waals surface area contributed by atoms with Crippen LogP contribution in [0.4, 0.5) is 8.78 Å². The van der Waals surface area contributed by atoms with Crippen LogP contribution < -0.4 is 10.6 Å². The van der Waals surface area contributed by atoms with Crippen LogP contribution in [0.1, 0.15) is 38.2 Å². The molecular formula is C18H26F2N2O3S. The van der Waals surface area contributed by atoms with Crippen molar-refractivity contribution in [2.45, 2.75) is 38.6 Å². The van der Waals surface area contributed by atoms with Gasteiger partial charge in [0.1, 0.15) is 0 Å². The highest BCUT2D eigenvalue weighted by Gasteiger charge is 2.28. The minimum Gasteiger partial charge on any atom is -0.351 e. The number of hydrogen-bond acceptors (Lipinski definition) is 4. The van der Waals surface area contributed by atoms with Crippen molar-refractivity contribution in [1.29, 1.82) is 0 Å². The molecule has 2 N–H and O–H groups in total. The largest absolute Gasteiger partial charge is 0.351 e. The smallest absolute Gasteiger partial charge is 0.221 e. The van der Waals surface area contributed by atoms with Gasteiger partial charge in [0.05, 0.1) is 11.5 Å². The van der Waals surface area contributed by atoms with Gasteiger partial charge in [0.15, 0.2) is 21.5 Å². The monoisotopic (exact) mass is 388 g/mol. The van der Waals surface area contributed by atoms with Crippen molar-refractivity contribution in [3.63, 3.8) is 0 Å². The number of amides is 1. The van der Waals surface area contributed by atoms with E-state index < -0.39 is 21.5 Å². The predicted octanol–water partition coefficient (Wildman–Crippen LogP) is 1.99. The van der Waals surface area contributed by atoms with E-state index in [9.17, 15) is 22.0 Å². The molecule has 1 saturated heterocycles. The van der Waals surface area contributed by atoms with Crippen LogP contribution in [0.15, 0.2) is 18.2 Å². The molecule has 0 saturated carbocycles. The molecule has 2 unspecified atom stereocenters. The molecule has 1 amide bonds. The number of hydrogen-bond donors (Lipinski definition) is 2. The molecule has 0 spiro atoms. The number of nitrogens with one attached hydrogen (secondary N) is 2. The summed E-state index contributed by atoms with van der Waals surface area (Å²) in [5.41, 5.74) is 0.628. The fraction of sp³-hybridized carbons (Fsp3) is 0.611. The number of sulfone groups is 1. The van der Waals surface area contributed by atoms with E-state index in [0.717, 1.165) is 12.1 Å². The number of halogens is 2. The summed E-state index contributed by atoms with van der Waals surface area (Å²) in [6, 6.07) is 3.48. The summed E-state index contributed by atoms with van der Waals surface area (Å²) >= 11 is 0. The summed E-state index contributed by atoms with van der Waals surface area (Å²) in [4.78, 5) is 12.2. The molecule has 2 rings (SSSR count).